The van der Waals surface area contributed by atoms with Gasteiger partial charge in [-0.2, -0.15) is 0 Å². The van der Waals surface area contributed by atoms with Gasteiger partial charge in [0.2, 0.25) is 0 Å². The van der Waals surface area contributed by atoms with Crippen LogP contribution in [0.15, 0.2) is 23.6 Å². The normalized spacial score (nSPS) is 12.7. The summed E-state index contributed by atoms with van der Waals surface area (Å²) in [6.07, 6.45) is 0.908. The van der Waals surface area contributed by atoms with Crippen molar-refractivity contribution in [1.29, 1.82) is 0 Å². The van der Waals surface area contributed by atoms with Crippen molar-refractivity contribution in [2.75, 3.05) is 0 Å². The van der Waals surface area contributed by atoms with E-state index in [-0.39, 0.29) is 6.04 Å². The van der Waals surface area contributed by atoms with Crippen molar-refractivity contribution in [3.05, 3.63) is 51.0 Å². The van der Waals surface area contributed by atoms with E-state index in [2.05, 4.69) is 42.4 Å². The fraction of sp³-hybridized carbons (Fsp3) is 0.357. The first-order chi connectivity index (χ1) is 8.06. The molecular formula is C14H18N2S. The van der Waals surface area contributed by atoms with E-state index in [9.17, 15) is 0 Å². The lowest BCUT2D eigenvalue weighted by molar-refractivity contribution is 0.783. The largest absolute Gasteiger partial charge is 0.323 e. The van der Waals surface area contributed by atoms with Crippen LogP contribution < -0.4 is 5.73 Å². The zero-order valence-corrected chi connectivity index (χ0v) is 11.3. The Hall–Kier alpha value is -1.19. The van der Waals surface area contributed by atoms with E-state index in [0.717, 1.165) is 17.1 Å². The predicted molar refractivity (Wildman–Crippen MR) is 73.4 cm³/mol. The number of hydrogen-bond donors (Lipinski definition) is 1. The molecule has 3 heteroatoms. The topological polar surface area (TPSA) is 38.9 Å². The van der Waals surface area contributed by atoms with Crippen LogP contribution in [0.4, 0.5) is 0 Å². The molecule has 0 saturated heterocycles. The molecule has 17 heavy (non-hydrogen) atoms. The summed E-state index contributed by atoms with van der Waals surface area (Å²) in [7, 11) is 0. The third-order valence-corrected chi connectivity index (χ3v) is 3.75. The molecule has 2 N–H and O–H groups in total. The summed E-state index contributed by atoms with van der Waals surface area (Å²) in [6, 6.07) is 6.58. The van der Waals surface area contributed by atoms with Crippen molar-refractivity contribution < 1.29 is 0 Å². The Balaban J connectivity index is 2.22. The van der Waals surface area contributed by atoms with E-state index < -0.39 is 0 Å². The number of hydrogen-bond acceptors (Lipinski definition) is 3. The van der Waals surface area contributed by atoms with Gasteiger partial charge >= 0.3 is 0 Å². The standard InChI is InChI=1S/C14H18N2S/c1-9-4-5-10(2)12(6-9)7-14-16-13(8-17-14)11(3)15/h4-6,8,11H,7,15H2,1-3H3. The zero-order valence-electron chi connectivity index (χ0n) is 10.5. The van der Waals surface area contributed by atoms with Crippen molar-refractivity contribution in [1.82, 2.24) is 4.98 Å². The molecule has 1 aromatic heterocycles. The maximum absolute atomic E-state index is 5.82. The van der Waals surface area contributed by atoms with Gasteiger partial charge in [-0.15, -0.1) is 11.3 Å². The van der Waals surface area contributed by atoms with Gasteiger partial charge in [0.15, 0.2) is 0 Å². The Morgan fingerprint density at radius 3 is 2.76 bits per heavy atom. The quantitative estimate of drug-likeness (QED) is 0.901. The number of nitrogens with two attached hydrogens (primary N) is 1. The maximum Gasteiger partial charge on any atom is 0.0973 e. The highest BCUT2D eigenvalue weighted by Gasteiger charge is 2.07. The Kier molecular flexibility index (Phi) is 3.60. The average Bonchev–Trinajstić information content (AvgIpc) is 2.72. The van der Waals surface area contributed by atoms with Gasteiger partial charge in [-0.05, 0) is 31.9 Å². The Morgan fingerprint density at radius 2 is 2.12 bits per heavy atom. The first kappa shape index (κ1) is 12.3. The average molecular weight is 246 g/mol. The molecule has 2 aromatic rings. The molecule has 0 fully saturated rings. The molecule has 0 bridgehead atoms. The van der Waals surface area contributed by atoms with Crippen molar-refractivity contribution in [3.8, 4) is 0 Å². The first-order valence-corrected chi connectivity index (χ1v) is 6.70. The van der Waals surface area contributed by atoms with Crippen LogP contribution in [0.25, 0.3) is 0 Å². The second-order valence-corrected chi connectivity index (χ2v) is 5.50. The lowest BCUT2D eigenvalue weighted by Crippen LogP contribution is -2.05. The smallest absolute Gasteiger partial charge is 0.0973 e. The highest BCUT2D eigenvalue weighted by Crippen LogP contribution is 2.20. The van der Waals surface area contributed by atoms with Crippen molar-refractivity contribution >= 4 is 11.3 Å². The van der Waals surface area contributed by atoms with E-state index in [1.165, 1.54) is 16.7 Å². The lowest BCUT2D eigenvalue weighted by atomic mass is 10.0. The summed E-state index contributed by atoms with van der Waals surface area (Å²) in [5.41, 5.74) is 10.8. The van der Waals surface area contributed by atoms with Gasteiger partial charge in [-0.25, -0.2) is 4.98 Å². The molecule has 0 aliphatic carbocycles. The van der Waals surface area contributed by atoms with E-state index in [1.807, 2.05) is 6.92 Å². The second-order valence-electron chi connectivity index (χ2n) is 4.56. The van der Waals surface area contributed by atoms with Gasteiger partial charge in [0.05, 0.1) is 10.7 Å². The molecule has 1 aromatic carbocycles. The number of aryl methyl sites for hydroxylation is 2. The van der Waals surface area contributed by atoms with Gasteiger partial charge in [-0.1, -0.05) is 23.8 Å². The van der Waals surface area contributed by atoms with Crippen LogP contribution in [0.2, 0.25) is 0 Å². The second kappa shape index (κ2) is 4.98. The number of benzene rings is 1. The lowest BCUT2D eigenvalue weighted by Gasteiger charge is -2.05. The Morgan fingerprint density at radius 1 is 1.35 bits per heavy atom. The molecule has 0 saturated carbocycles. The molecule has 2 rings (SSSR count). The summed E-state index contributed by atoms with van der Waals surface area (Å²) in [4.78, 5) is 4.57. The maximum atomic E-state index is 5.82. The molecule has 90 valence electrons. The zero-order chi connectivity index (χ0) is 12.4. The van der Waals surface area contributed by atoms with Gasteiger partial charge in [0.25, 0.3) is 0 Å². The van der Waals surface area contributed by atoms with Crippen LogP contribution in [0.1, 0.15) is 40.4 Å². The van der Waals surface area contributed by atoms with Gasteiger partial charge in [0, 0.05) is 17.8 Å². The van der Waals surface area contributed by atoms with Gasteiger partial charge in [-0.3, -0.25) is 0 Å². The predicted octanol–water partition coefficient (Wildman–Crippen LogP) is 3.37. The number of thiazole rings is 1. The van der Waals surface area contributed by atoms with Crippen LogP contribution in [0.3, 0.4) is 0 Å². The molecule has 1 unspecified atom stereocenters. The van der Waals surface area contributed by atoms with Crippen LogP contribution in [0, 0.1) is 13.8 Å². The van der Waals surface area contributed by atoms with Gasteiger partial charge < -0.3 is 5.73 Å². The molecule has 0 aliphatic rings. The molecular weight excluding hydrogens is 228 g/mol. The van der Waals surface area contributed by atoms with Crippen molar-refractivity contribution in [2.45, 2.75) is 33.2 Å². The van der Waals surface area contributed by atoms with Crippen LogP contribution in [-0.4, -0.2) is 4.98 Å². The summed E-state index contributed by atoms with van der Waals surface area (Å²) in [6.45, 7) is 6.24. The van der Waals surface area contributed by atoms with Crippen molar-refractivity contribution in [3.63, 3.8) is 0 Å². The first-order valence-electron chi connectivity index (χ1n) is 5.82. The highest BCUT2D eigenvalue weighted by atomic mass is 32.1. The molecule has 0 amide bonds. The number of nitrogens with zero attached hydrogens (tertiary/aromatic N) is 1. The third-order valence-electron chi connectivity index (χ3n) is 2.88. The van der Waals surface area contributed by atoms with Gasteiger partial charge in [0.1, 0.15) is 0 Å². The van der Waals surface area contributed by atoms with E-state index in [4.69, 9.17) is 5.73 Å². The molecule has 0 spiro atoms. The summed E-state index contributed by atoms with van der Waals surface area (Å²) >= 11 is 1.70. The minimum Gasteiger partial charge on any atom is -0.323 e. The van der Waals surface area contributed by atoms with E-state index in [1.54, 1.807) is 11.3 Å². The van der Waals surface area contributed by atoms with E-state index >= 15 is 0 Å². The molecule has 0 radical (unpaired) electrons. The summed E-state index contributed by atoms with van der Waals surface area (Å²) < 4.78 is 0. The summed E-state index contributed by atoms with van der Waals surface area (Å²) in [5, 5.41) is 3.21. The van der Waals surface area contributed by atoms with Crippen LogP contribution in [0.5, 0.6) is 0 Å². The minimum absolute atomic E-state index is 0.0265. The highest BCUT2D eigenvalue weighted by molar-refractivity contribution is 7.09. The Bertz CT molecular complexity index is 515. The fourth-order valence-electron chi connectivity index (χ4n) is 1.77. The number of rotatable bonds is 3. The Labute approximate surface area is 107 Å². The monoisotopic (exact) mass is 246 g/mol. The van der Waals surface area contributed by atoms with Crippen molar-refractivity contribution in [2.24, 2.45) is 5.73 Å². The molecule has 2 nitrogen and oxygen atoms in total. The van der Waals surface area contributed by atoms with Crippen LogP contribution >= 0.6 is 11.3 Å². The molecule has 1 atom stereocenters. The van der Waals surface area contributed by atoms with Crippen LogP contribution in [-0.2, 0) is 6.42 Å². The molecule has 1 heterocycles. The van der Waals surface area contributed by atoms with E-state index in [0.29, 0.717) is 0 Å². The fourth-order valence-corrected chi connectivity index (χ4v) is 2.69. The minimum atomic E-state index is 0.0265. The summed E-state index contributed by atoms with van der Waals surface area (Å²) in [5.74, 6) is 0. The molecule has 0 aliphatic heterocycles. The third kappa shape index (κ3) is 2.93. The SMILES string of the molecule is Cc1ccc(C)c(Cc2nc(C(C)N)cs2)c1. The number of aromatic nitrogens is 1.